The summed E-state index contributed by atoms with van der Waals surface area (Å²) in [5.41, 5.74) is 1.94. The number of hydrogen-bond acceptors (Lipinski definition) is 3. The Morgan fingerprint density at radius 3 is 2.46 bits per heavy atom. The van der Waals surface area contributed by atoms with Crippen molar-refractivity contribution in [2.24, 2.45) is 23.7 Å². The van der Waals surface area contributed by atoms with Gasteiger partial charge in [0.25, 0.3) is 0 Å². The lowest BCUT2D eigenvalue weighted by Crippen LogP contribution is -2.38. The third-order valence-corrected chi connectivity index (χ3v) is 5.02. The molecule has 1 aliphatic carbocycles. The van der Waals surface area contributed by atoms with Crippen LogP contribution < -0.4 is 0 Å². The molecular weight excluding hydrogens is 296 g/mol. The molecule has 0 bridgehead atoms. The lowest BCUT2D eigenvalue weighted by Gasteiger charge is -2.42. The summed E-state index contributed by atoms with van der Waals surface area (Å²) in [6.07, 6.45) is 8.78. The molecule has 1 aliphatic rings. The van der Waals surface area contributed by atoms with Crippen LogP contribution in [-0.4, -0.2) is 16.5 Å². The number of aryl methyl sites for hydroxylation is 1. The Kier molecular flexibility index (Phi) is 5.84. The highest BCUT2D eigenvalue weighted by atomic mass is 16.5. The molecular formula is C21H32N2O. The van der Waals surface area contributed by atoms with Crippen LogP contribution in [0.4, 0.5) is 0 Å². The summed E-state index contributed by atoms with van der Waals surface area (Å²) in [4.78, 5) is 4.33. The Labute approximate surface area is 147 Å². The zero-order chi connectivity index (χ0) is 17.9. The van der Waals surface area contributed by atoms with Gasteiger partial charge in [0.05, 0.1) is 0 Å². The van der Waals surface area contributed by atoms with Gasteiger partial charge < -0.3 is 4.74 Å². The average Bonchev–Trinajstić information content (AvgIpc) is 2.43. The van der Waals surface area contributed by atoms with E-state index in [2.05, 4.69) is 37.0 Å². The third-order valence-electron chi connectivity index (χ3n) is 5.02. The number of rotatable bonds is 5. The molecule has 1 aromatic heterocycles. The predicted molar refractivity (Wildman–Crippen MR) is 101 cm³/mol. The van der Waals surface area contributed by atoms with Crippen LogP contribution >= 0.6 is 0 Å². The van der Waals surface area contributed by atoms with Crippen molar-refractivity contribution in [3.8, 4) is 0 Å². The Balaban J connectivity index is 1.80. The molecule has 0 saturated heterocycles. The van der Waals surface area contributed by atoms with Crippen LogP contribution in [0, 0.1) is 36.0 Å². The van der Waals surface area contributed by atoms with E-state index in [1.165, 1.54) is 12.8 Å². The van der Waals surface area contributed by atoms with Crippen LogP contribution in [0.25, 0.3) is 6.08 Å². The SMILES string of the molecule is Cc1ccc(/C=C\[C@H](C)[C@H]2C[C@H](C(C)C(=N)OC(C)(C)C)C2)cn1. The second-order valence-electron chi connectivity index (χ2n) is 8.31. The number of aromatic nitrogens is 1. The molecule has 0 radical (unpaired) electrons. The fourth-order valence-corrected chi connectivity index (χ4v) is 3.18. The second kappa shape index (κ2) is 7.50. The van der Waals surface area contributed by atoms with Crippen LogP contribution in [0.2, 0.25) is 0 Å². The van der Waals surface area contributed by atoms with Crippen molar-refractivity contribution in [3.63, 3.8) is 0 Å². The molecule has 1 heterocycles. The fraction of sp³-hybridized carbons (Fsp3) is 0.619. The van der Waals surface area contributed by atoms with Crippen molar-refractivity contribution in [2.75, 3.05) is 0 Å². The van der Waals surface area contributed by atoms with Crippen LogP contribution in [0.1, 0.15) is 58.7 Å². The van der Waals surface area contributed by atoms with E-state index in [-0.39, 0.29) is 11.5 Å². The minimum Gasteiger partial charge on any atom is -0.475 e. The monoisotopic (exact) mass is 328 g/mol. The maximum absolute atomic E-state index is 8.16. The Morgan fingerprint density at radius 2 is 1.92 bits per heavy atom. The average molecular weight is 329 g/mol. The minimum atomic E-state index is -0.271. The largest absolute Gasteiger partial charge is 0.475 e. The van der Waals surface area contributed by atoms with Gasteiger partial charge in [0.1, 0.15) is 5.60 Å². The lowest BCUT2D eigenvalue weighted by atomic mass is 9.64. The fourth-order valence-electron chi connectivity index (χ4n) is 3.18. The summed E-state index contributed by atoms with van der Waals surface area (Å²) in [5, 5.41) is 8.16. The summed E-state index contributed by atoms with van der Waals surface area (Å²) >= 11 is 0. The van der Waals surface area contributed by atoms with Gasteiger partial charge >= 0.3 is 0 Å². The van der Waals surface area contributed by atoms with Crippen LogP contribution in [0.15, 0.2) is 24.4 Å². The van der Waals surface area contributed by atoms with E-state index < -0.39 is 0 Å². The molecule has 132 valence electrons. The molecule has 3 heteroatoms. The second-order valence-corrected chi connectivity index (χ2v) is 8.31. The molecule has 1 aromatic rings. The van der Waals surface area contributed by atoms with Crippen LogP contribution in [-0.2, 0) is 4.74 Å². The molecule has 1 saturated carbocycles. The normalized spacial score (nSPS) is 23.6. The quantitative estimate of drug-likeness (QED) is 0.573. The van der Waals surface area contributed by atoms with E-state index in [9.17, 15) is 0 Å². The van der Waals surface area contributed by atoms with Gasteiger partial charge in [-0.15, -0.1) is 0 Å². The molecule has 2 atom stereocenters. The van der Waals surface area contributed by atoms with E-state index in [1.54, 1.807) is 0 Å². The number of nitrogens with one attached hydrogen (secondary N) is 1. The molecule has 1 fully saturated rings. The number of ether oxygens (including phenoxy) is 1. The topological polar surface area (TPSA) is 46.0 Å². The highest BCUT2D eigenvalue weighted by molar-refractivity contribution is 5.76. The molecule has 0 aliphatic heterocycles. The van der Waals surface area contributed by atoms with E-state index in [1.807, 2.05) is 40.0 Å². The van der Waals surface area contributed by atoms with Crippen molar-refractivity contribution in [1.29, 1.82) is 5.41 Å². The summed E-state index contributed by atoms with van der Waals surface area (Å²) in [5.74, 6) is 2.53. The van der Waals surface area contributed by atoms with Gasteiger partial charge in [0.2, 0.25) is 0 Å². The number of hydrogen-bond donors (Lipinski definition) is 1. The highest BCUT2D eigenvalue weighted by Crippen LogP contribution is 2.44. The molecule has 0 aromatic carbocycles. The van der Waals surface area contributed by atoms with Crippen molar-refractivity contribution in [3.05, 3.63) is 35.7 Å². The lowest BCUT2D eigenvalue weighted by molar-refractivity contribution is 0.0745. The Morgan fingerprint density at radius 1 is 1.25 bits per heavy atom. The Bertz CT molecular complexity index is 577. The molecule has 24 heavy (non-hydrogen) atoms. The van der Waals surface area contributed by atoms with E-state index >= 15 is 0 Å². The molecule has 0 spiro atoms. The first kappa shape index (κ1) is 18.7. The van der Waals surface area contributed by atoms with Crippen LogP contribution in [0.3, 0.4) is 0 Å². The molecule has 3 nitrogen and oxygen atoms in total. The summed E-state index contributed by atoms with van der Waals surface area (Å²) in [6, 6.07) is 4.16. The van der Waals surface area contributed by atoms with Gasteiger partial charge in [-0.05, 0) is 69.9 Å². The van der Waals surface area contributed by atoms with Gasteiger partial charge in [0, 0.05) is 17.8 Å². The van der Waals surface area contributed by atoms with Gasteiger partial charge in [-0.2, -0.15) is 0 Å². The van der Waals surface area contributed by atoms with Gasteiger partial charge in [-0.3, -0.25) is 10.4 Å². The van der Waals surface area contributed by atoms with Gasteiger partial charge in [-0.1, -0.05) is 32.1 Å². The summed E-state index contributed by atoms with van der Waals surface area (Å²) in [7, 11) is 0. The number of nitrogens with zero attached hydrogens (tertiary/aromatic N) is 1. The maximum Gasteiger partial charge on any atom is 0.184 e. The molecule has 0 amide bonds. The smallest absolute Gasteiger partial charge is 0.184 e. The standard InChI is InChI=1S/C21H32N2O/c1-14(7-9-17-10-8-15(2)23-13-17)18-11-19(12-18)16(3)20(22)24-21(4,5)6/h7-10,13-14,16,18-19,22H,11-12H2,1-6H3/b9-7-,22-20?/t14-,16?,18-,19-/m0/s1. The van der Waals surface area contributed by atoms with Crippen molar-refractivity contribution in [2.45, 2.75) is 60.0 Å². The zero-order valence-electron chi connectivity index (χ0n) is 16.0. The highest BCUT2D eigenvalue weighted by Gasteiger charge is 2.37. The van der Waals surface area contributed by atoms with Crippen molar-refractivity contribution in [1.82, 2.24) is 4.98 Å². The first-order chi connectivity index (χ1) is 11.2. The van der Waals surface area contributed by atoms with Crippen LogP contribution in [0.5, 0.6) is 0 Å². The van der Waals surface area contributed by atoms with Crippen molar-refractivity contribution < 1.29 is 4.74 Å². The molecule has 2 rings (SSSR count). The minimum absolute atomic E-state index is 0.220. The summed E-state index contributed by atoms with van der Waals surface area (Å²) < 4.78 is 5.73. The zero-order valence-corrected chi connectivity index (χ0v) is 16.0. The summed E-state index contributed by atoms with van der Waals surface area (Å²) in [6.45, 7) is 12.4. The first-order valence-electron chi connectivity index (χ1n) is 9.04. The van der Waals surface area contributed by atoms with Gasteiger partial charge in [0.15, 0.2) is 5.90 Å². The Hall–Kier alpha value is -1.64. The van der Waals surface area contributed by atoms with Crippen molar-refractivity contribution >= 4 is 12.0 Å². The predicted octanol–water partition coefficient (Wildman–Crippen LogP) is 5.49. The first-order valence-corrected chi connectivity index (χ1v) is 9.04. The maximum atomic E-state index is 8.16. The van der Waals surface area contributed by atoms with E-state index in [0.29, 0.717) is 17.7 Å². The third kappa shape index (κ3) is 5.19. The number of pyridine rings is 1. The molecule has 1 unspecified atom stereocenters. The number of allylic oxidation sites excluding steroid dienone is 1. The van der Waals surface area contributed by atoms with Gasteiger partial charge in [-0.25, -0.2) is 0 Å². The van der Waals surface area contributed by atoms with E-state index in [4.69, 9.17) is 10.1 Å². The van der Waals surface area contributed by atoms with E-state index in [0.717, 1.165) is 17.2 Å². The molecule has 1 N–H and O–H groups in total.